The van der Waals surface area contributed by atoms with Gasteiger partial charge in [0.25, 0.3) is 5.91 Å². The van der Waals surface area contributed by atoms with Crippen molar-refractivity contribution in [1.29, 1.82) is 0 Å². The first-order valence-electron chi connectivity index (χ1n) is 7.74. The summed E-state index contributed by atoms with van der Waals surface area (Å²) in [5, 5.41) is 0.342. The van der Waals surface area contributed by atoms with Crippen LogP contribution in [0.1, 0.15) is 69.2 Å². The maximum atomic E-state index is 12.7. The van der Waals surface area contributed by atoms with Crippen molar-refractivity contribution in [3.05, 3.63) is 22.7 Å². The molecule has 116 valence electrons. The fourth-order valence-corrected chi connectivity index (χ4v) is 3.07. The summed E-state index contributed by atoms with van der Waals surface area (Å²) in [4.78, 5) is 23.2. The second-order valence-electron chi connectivity index (χ2n) is 6.26. The highest BCUT2D eigenvalue weighted by atomic mass is 35.5. The van der Waals surface area contributed by atoms with Crippen LogP contribution in [-0.2, 0) is 0 Å². The summed E-state index contributed by atoms with van der Waals surface area (Å²) >= 11 is 6.14. The van der Waals surface area contributed by atoms with E-state index in [0.717, 1.165) is 32.4 Å². The second kappa shape index (κ2) is 6.30. The Hall–Kier alpha value is -1.16. The van der Waals surface area contributed by atoms with Crippen molar-refractivity contribution < 1.29 is 4.79 Å². The molecule has 1 amide bonds. The molecule has 0 radical (unpaired) electrons. The minimum atomic E-state index is -0.0620. The number of carbonyl (C=O) groups is 1. The molecule has 0 bridgehead atoms. The van der Waals surface area contributed by atoms with Crippen LogP contribution in [0.15, 0.2) is 6.20 Å². The van der Waals surface area contributed by atoms with Gasteiger partial charge in [0.2, 0.25) is 0 Å². The van der Waals surface area contributed by atoms with Crippen LogP contribution in [0.4, 0.5) is 0 Å². The molecular formula is C16H24ClN3O. The van der Waals surface area contributed by atoms with Crippen LogP contribution >= 0.6 is 11.6 Å². The van der Waals surface area contributed by atoms with Crippen LogP contribution in [0, 0.1) is 5.41 Å². The Balaban J connectivity index is 2.23. The highest BCUT2D eigenvalue weighted by Gasteiger charge is 2.38. The summed E-state index contributed by atoms with van der Waals surface area (Å²) in [6, 6.07) is 0. The van der Waals surface area contributed by atoms with Crippen LogP contribution in [0.3, 0.4) is 0 Å². The van der Waals surface area contributed by atoms with Gasteiger partial charge in [-0.3, -0.25) is 4.79 Å². The van der Waals surface area contributed by atoms with E-state index in [2.05, 4.69) is 23.8 Å². The lowest BCUT2D eigenvalue weighted by Gasteiger charge is -2.26. The largest absolute Gasteiger partial charge is 0.337 e. The van der Waals surface area contributed by atoms with Gasteiger partial charge in [0, 0.05) is 19.0 Å². The molecule has 5 heteroatoms. The highest BCUT2D eigenvalue weighted by molar-refractivity contribution is 6.33. The van der Waals surface area contributed by atoms with Gasteiger partial charge in [0.1, 0.15) is 5.82 Å². The van der Waals surface area contributed by atoms with Crippen molar-refractivity contribution in [2.45, 2.75) is 52.9 Å². The highest BCUT2D eigenvalue weighted by Crippen LogP contribution is 2.37. The third-order valence-corrected chi connectivity index (χ3v) is 4.98. The van der Waals surface area contributed by atoms with E-state index < -0.39 is 0 Å². The molecule has 0 atom stereocenters. The molecule has 0 spiro atoms. The monoisotopic (exact) mass is 309 g/mol. The van der Waals surface area contributed by atoms with E-state index in [-0.39, 0.29) is 17.2 Å². The van der Waals surface area contributed by atoms with Crippen LogP contribution in [0.2, 0.25) is 5.02 Å². The number of hydrogen-bond acceptors (Lipinski definition) is 3. The molecule has 0 saturated carbocycles. The van der Waals surface area contributed by atoms with Gasteiger partial charge in [-0.2, -0.15) is 0 Å². The van der Waals surface area contributed by atoms with Crippen molar-refractivity contribution in [2.75, 3.05) is 13.1 Å². The Morgan fingerprint density at radius 3 is 2.62 bits per heavy atom. The Bertz CT molecular complexity index is 526. The zero-order valence-electron chi connectivity index (χ0n) is 13.3. The molecule has 0 unspecified atom stereocenters. The minimum absolute atomic E-state index is 0.0620. The Morgan fingerprint density at radius 1 is 1.43 bits per heavy atom. The first-order valence-corrected chi connectivity index (χ1v) is 8.12. The summed E-state index contributed by atoms with van der Waals surface area (Å²) in [5.74, 6) is 0.782. The summed E-state index contributed by atoms with van der Waals surface area (Å²) in [6.45, 7) is 10.0. The molecule has 1 aliphatic heterocycles. The molecule has 1 aliphatic rings. The first kappa shape index (κ1) is 16.2. The fraction of sp³-hybridized carbons (Fsp3) is 0.688. The quantitative estimate of drug-likeness (QED) is 0.847. The molecule has 0 aromatic carbocycles. The minimum Gasteiger partial charge on any atom is -0.337 e. The number of likely N-dealkylation sites (tertiary alicyclic amines) is 1. The summed E-state index contributed by atoms with van der Waals surface area (Å²) in [7, 11) is 0. The zero-order valence-corrected chi connectivity index (χ0v) is 14.1. The van der Waals surface area contributed by atoms with Gasteiger partial charge < -0.3 is 4.90 Å². The molecule has 2 heterocycles. The second-order valence-corrected chi connectivity index (χ2v) is 6.67. The lowest BCUT2D eigenvalue weighted by Crippen LogP contribution is -2.32. The molecule has 1 saturated heterocycles. The molecule has 1 fully saturated rings. The number of halogens is 1. The van der Waals surface area contributed by atoms with Gasteiger partial charge in [0.15, 0.2) is 5.69 Å². The molecule has 2 rings (SSSR count). The van der Waals surface area contributed by atoms with Gasteiger partial charge >= 0.3 is 0 Å². The lowest BCUT2D eigenvalue weighted by molar-refractivity contribution is 0.0763. The number of nitrogens with zero attached hydrogens (tertiary/aromatic N) is 3. The third-order valence-electron chi connectivity index (χ3n) is 4.71. The van der Waals surface area contributed by atoms with Gasteiger partial charge in [-0.05, 0) is 24.7 Å². The van der Waals surface area contributed by atoms with Gasteiger partial charge in [-0.15, -0.1) is 0 Å². The fourth-order valence-electron chi connectivity index (χ4n) is 2.89. The van der Waals surface area contributed by atoms with E-state index in [1.807, 2.05) is 18.7 Å². The number of aromatic nitrogens is 2. The van der Waals surface area contributed by atoms with E-state index >= 15 is 0 Å². The normalized spacial score (nSPS) is 17.5. The lowest BCUT2D eigenvalue weighted by atomic mass is 9.82. The molecule has 1 aromatic heterocycles. The van der Waals surface area contributed by atoms with E-state index in [4.69, 9.17) is 11.6 Å². The Kier molecular flexibility index (Phi) is 4.87. The van der Waals surface area contributed by atoms with Gasteiger partial charge in [0.05, 0.1) is 11.2 Å². The van der Waals surface area contributed by atoms with Crippen molar-refractivity contribution in [1.82, 2.24) is 14.9 Å². The zero-order chi connectivity index (χ0) is 15.6. The van der Waals surface area contributed by atoms with E-state index in [9.17, 15) is 4.79 Å². The molecule has 0 aliphatic carbocycles. The number of carbonyl (C=O) groups excluding carboxylic acids is 1. The van der Waals surface area contributed by atoms with Crippen molar-refractivity contribution in [2.24, 2.45) is 5.41 Å². The third kappa shape index (κ3) is 3.20. The summed E-state index contributed by atoms with van der Waals surface area (Å²) < 4.78 is 0. The van der Waals surface area contributed by atoms with Crippen molar-refractivity contribution in [3.63, 3.8) is 0 Å². The molecular weight excluding hydrogens is 286 g/mol. The van der Waals surface area contributed by atoms with E-state index in [1.165, 1.54) is 0 Å². The topological polar surface area (TPSA) is 46.1 Å². The predicted molar refractivity (Wildman–Crippen MR) is 84.7 cm³/mol. The van der Waals surface area contributed by atoms with Crippen LogP contribution in [0.5, 0.6) is 0 Å². The number of hydrogen-bond donors (Lipinski definition) is 0. The van der Waals surface area contributed by atoms with Crippen molar-refractivity contribution >= 4 is 17.5 Å². The molecule has 4 nitrogen and oxygen atoms in total. The maximum Gasteiger partial charge on any atom is 0.274 e. The smallest absolute Gasteiger partial charge is 0.274 e. The van der Waals surface area contributed by atoms with Crippen LogP contribution in [-0.4, -0.2) is 33.9 Å². The van der Waals surface area contributed by atoms with E-state index in [0.29, 0.717) is 16.5 Å². The maximum absolute atomic E-state index is 12.7. The van der Waals surface area contributed by atoms with Gasteiger partial charge in [-0.1, -0.05) is 39.3 Å². The van der Waals surface area contributed by atoms with Crippen LogP contribution < -0.4 is 0 Å². The summed E-state index contributed by atoms with van der Waals surface area (Å²) in [5.41, 5.74) is 0.606. The molecule has 1 aromatic rings. The average molecular weight is 310 g/mol. The standard InChI is InChI=1S/C16H24ClN3O/c1-5-16(6-2)7-8-20(10-16)15(21)13-12(17)9-18-14(19-13)11(3)4/h9,11H,5-8,10H2,1-4H3. The molecule has 0 N–H and O–H groups in total. The molecule has 21 heavy (non-hydrogen) atoms. The summed E-state index contributed by atoms with van der Waals surface area (Å²) in [6.07, 6.45) is 4.80. The van der Waals surface area contributed by atoms with Gasteiger partial charge in [-0.25, -0.2) is 9.97 Å². The first-order chi connectivity index (χ1) is 9.92. The van der Waals surface area contributed by atoms with E-state index in [1.54, 1.807) is 6.20 Å². The SMILES string of the molecule is CCC1(CC)CCN(C(=O)c2nc(C(C)C)ncc2Cl)C1. The average Bonchev–Trinajstić information content (AvgIpc) is 2.92. The Morgan fingerprint density at radius 2 is 2.10 bits per heavy atom. The Labute approximate surface area is 131 Å². The number of amides is 1. The van der Waals surface area contributed by atoms with Crippen molar-refractivity contribution in [3.8, 4) is 0 Å². The predicted octanol–water partition coefficient (Wildman–Crippen LogP) is 3.91. The number of rotatable bonds is 4. The van der Waals surface area contributed by atoms with Crippen LogP contribution in [0.25, 0.3) is 0 Å².